The number of rotatable bonds is 7. The monoisotopic (exact) mass is 463 g/mol. The highest BCUT2D eigenvalue weighted by Gasteiger charge is 2.25. The number of carbonyl (C=O) groups excluding carboxylic acids is 1. The van der Waals surface area contributed by atoms with Crippen molar-refractivity contribution in [2.45, 2.75) is 69.9 Å². The van der Waals surface area contributed by atoms with Gasteiger partial charge in [0, 0.05) is 20.1 Å². The van der Waals surface area contributed by atoms with E-state index in [1.54, 1.807) is 25.2 Å². The Morgan fingerprint density at radius 3 is 2.30 bits per heavy atom. The molecule has 1 amide bonds. The van der Waals surface area contributed by atoms with Gasteiger partial charge in [-0.25, -0.2) is 10.6 Å². The minimum atomic E-state index is -0.363. The highest BCUT2D eigenvalue weighted by atomic mass is 16.6. The third-order valence-electron chi connectivity index (χ3n) is 6.10. The van der Waals surface area contributed by atoms with Crippen LogP contribution in [0.2, 0.25) is 0 Å². The maximum Gasteiger partial charge on any atom is 0.410 e. The van der Waals surface area contributed by atoms with E-state index >= 15 is 0 Å². The quantitative estimate of drug-likeness (QED) is 0.316. The van der Waals surface area contributed by atoms with Crippen LogP contribution < -0.4 is 16.3 Å². The lowest BCUT2D eigenvalue weighted by Gasteiger charge is -2.25. The van der Waals surface area contributed by atoms with Crippen molar-refractivity contribution in [2.24, 2.45) is 11.6 Å². The fraction of sp³-hybridized carbons (Fsp3) is 0.609. The number of amides is 1. The minimum Gasteiger partial charge on any atom is -0.489 e. The van der Waals surface area contributed by atoms with Crippen molar-refractivity contribution in [2.75, 3.05) is 20.7 Å². The number of ether oxygens (including phenoxy) is 2. The Morgan fingerprint density at radius 2 is 1.76 bits per heavy atom. The van der Waals surface area contributed by atoms with Crippen molar-refractivity contribution in [3.05, 3.63) is 29.7 Å². The molecule has 0 bridgehead atoms. The van der Waals surface area contributed by atoms with Crippen LogP contribution in [0.1, 0.15) is 63.5 Å². The molecular weight excluding hydrogens is 426 g/mol. The summed E-state index contributed by atoms with van der Waals surface area (Å²) in [5.74, 6) is 6.69. The zero-order chi connectivity index (χ0) is 24.2. The Bertz CT molecular complexity index is 772. The number of hydrazine groups is 1. The van der Waals surface area contributed by atoms with Crippen LogP contribution in [0.4, 0.5) is 4.79 Å². The van der Waals surface area contributed by atoms with Crippen LogP contribution in [0, 0.1) is 0 Å². The number of carbonyl (C=O) groups is 2. The van der Waals surface area contributed by atoms with Gasteiger partial charge in [-0.15, -0.1) is 0 Å². The van der Waals surface area contributed by atoms with Crippen LogP contribution in [0.3, 0.4) is 0 Å². The summed E-state index contributed by atoms with van der Waals surface area (Å²) in [6.45, 7) is -0.267. The number of aromatic nitrogens is 1. The summed E-state index contributed by atoms with van der Waals surface area (Å²) in [7, 11) is 3.45. The number of likely N-dealkylation sites (N-methyl/N-ethyl adjacent to an activating group) is 1. The van der Waals surface area contributed by atoms with Crippen LogP contribution >= 0.6 is 0 Å². The Balaban J connectivity index is 0.00000122. The first-order chi connectivity index (χ1) is 15.9. The topological polar surface area (TPSA) is 144 Å². The van der Waals surface area contributed by atoms with Gasteiger partial charge in [0.05, 0.1) is 29.4 Å². The molecule has 184 valence electrons. The van der Waals surface area contributed by atoms with E-state index in [4.69, 9.17) is 31.0 Å². The van der Waals surface area contributed by atoms with E-state index in [0.717, 1.165) is 44.3 Å². The number of hydrogen-bond acceptors (Lipinski definition) is 8. The molecule has 0 aromatic carbocycles. The van der Waals surface area contributed by atoms with E-state index in [1.165, 1.54) is 24.3 Å². The van der Waals surface area contributed by atoms with Gasteiger partial charge in [0.15, 0.2) is 0 Å². The Hall–Kier alpha value is -3.01. The molecule has 2 fully saturated rings. The molecule has 1 heterocycles. The molecule has 33 heavy (non-hydrogen) atoms. The molecule has 3 rings (SSSR count). The van der Waals surface area contributed by atoms with Gasteiger partial charge >= 0.3 is 6.09 Å². The average Bonchev–Trinajstić information content (AvgIpc) is 3.35. The molecule has 2 aliphatic rings. The summed E-state index contributed by atoms with van der Waals surface area (Å²) in [5.41, 5.74) is 7.75. The van der Waals surface area contributed by atoms with Crippen molar-refractivity contribution in [1.82, 2.24) is 14.9 Å². The lowest BCUT2D eigenvalue weighted by molar-refractivity contribution is -0.122. The zero-order valence-corrected chi connectivity index (χ0v) is 19.6. The van der Waals surface area contributed by atoms with Crippen LogP contribution in [0.5, 0.6) is 5.75 Å². The lowest BCUT2D eigenvalue weighted by Crippen LogP contribution is -2.37. The second-order valence-corrected chi connectivity index (χ2v) is 8.44. The molecule has 0 radical (unpaired) electrons. The first kappa shape index (κ1) is 26.2. The fourth-order valence-electron chi connectivity index (χ4n) is 4.17. The number of nitrogens with zero attached hydrogens (tertiary/aromatic N) is 3. The van der Waals surface area contributed by atoms with Crippen molar-refractivity contribution in [3.63, 3.8) is 0 Å². The molecule has 10 nitrogen and oxygen atoms in total. The van der Waals surface area contributed by atoms with Gasteiger partial charge in [-0.3, -0.25) is 9.78 Å². The molecule has 0 spiro atoms. The van der Waals surface area contributed by atoms with Gasteiger partial charge in [0.25, 0.3) is 6.47 Å². The second kappa shape index (κ2) is 13.5. The Labute approximate surface area is 195 Å². The van der Waals surface area contributed by atoms with Crippen LogP contribution in [0.25, 0.3) is 5.70 Å². The maximum absolute atomic E-state index is 12.4. The molecule has 0 saturated heterocycles. The molecule has 10 heteroatoms. The van der Waals surface area contributed by atoms with E-state index in [2.05, 4.69) is 4.98 Å². The molecule has 2 aliphatic carbocycles. The SMILES string of the molecule is CN(N)/C(COC(=O)N(C)C1CCCC1)=C(\N)c1ccc(OC2CCCCC2)cn1.O=CO. The number of hydrogen-bond donors (Lipinski definition) is 3. The van der Waals surface area contributed by atoms with E-state index in [9.17, 15) is 4.79 Å². The molecule has 0 atom stereocenters. The Kier molecular flexibility index (Phi) is 10.8. The molecule has 5 N–H and O–H groups in total. The first-order valence-electron chi connectivity index (χ1n) is 11.4. The molecule has 0 aliphatic heterocycles. The van der Waals surface area contributed by atoms with Gasteiger partial charge in [-0.05, 0) is 50.7 Å². The van der Waals surface area contributed by atoms with Crippen LogP contribution in [0.15, 0.2) is 24.0 Å². The number of carboxylic acid groups (broad SMARTS) is 1. The summed E-state index contributed by atoms with van der Waals surface area (Å²) < 4.78 is 11.5. The van der Waals surface area contributed by atoms with Gasteiger partial charge in [-0.2, -0.15) is 0 Å². The lowest BCUT2D eigenvalue weighted by atomic mass is 9.98. The van der Waals surface area contributed by atoms with E-state index in [1.807, 2.05) is 12.1 Å². The Morgan fingerprint density at radius 1 is 1.15 bits per heavy atom. The summed E-state index contributed by atoms with van der Waals surface area (Å²) in [6, 6.07) is 3.93. The molecule has 2 saturated carbocycles. The summed E-state index contributed by atoms with van der Waals surface area (Å²) in [5, 5.41) is 8.26. The standard InChI is InChI=1S/C22H35N5O3.CH2O2/c1-26(16-8-6-7-9-16)22(28)29-15-20(27(2)24)21(23)19-13-12-18(14-25-19)30-17-10-4-3-5-11-17;2-1-3/h12-14,16-17H,3-11,15,23-24H2,1-2H3;1H,(H,2,3)/b21-20-;. The van der Waals surface area contributed by atoms with Crippen LogP contribution in [-0.4, -0.2) is 65.4 Å². The average molecular weight is 464 g/mol. The maximum atomic E-state index is 12.4. The predicted octanol–water partition coefficient (Wildman–Crippen LogP) is 2.94. The second-order valence-electron chi connectivity index (χ2n) is 8.44. The highest BCUT2D eigenvalue weighted by Crippen LogP contribution is 2.25. The molecule has 1 aromatic heterocycles. The van der Waals surface area contributed by atoms with Crippen molar-refractivity contribution < 1.29 is 24.2 Å². The smallest absolute Gasteiger partial charge is 0.410 e. The van der Waals surface area contributed by atoms with Gasteiger partial charge in [0.2, 0.25) is 0 Å². The number of nitrogens with two attached hydrogens (primary N) is 2. The molecule has 0 unspecified atom stereocenters. The predicted molar refractivity (Wildman–Crippen MR) is 125 cm³/mol. The van der Waals surface area contributed by atoms with Gasteiger partial charge in [-0.1, -0.05) is 19.3 Å². The van der Waals surface area contributed by atoms with E-state index < -0.39 is 0 Å². The zero-order valence-electron chi connectivity index (χ0n) is 19.6. The summed E-state index contributed by atoms with van der Waals surface area (Å²) in [4.78, 5) is 26.9. The largest absolute Gasteiger partial charge is 0.489 e. The van der Waals surface area contributed by atoms with E-state index in [0.29, 0.717) is 17.1 Å². The summed E-state index contributed by atoms with van der Waals surface area (Å²) in [6.07, 6.45) is 11.8. The summed E-state index contributed by atoms with van der Waals surface area (Å²) >= 11 is 0. The normalized spacial score (nSPS) is 17.3. The minimum absolute atomic E-state index is 0.0171. The van der Waals surface area contributed by atoms with Gasteiger partial charge < -0.3 is 30.2 Å². The fourth-order valence-corrected chi connectivity index (χ4v) is 4.17. The number of pyridine rings is 1. The van der Waals surface area contributed by atoms with Crippen molar-refractivity contribution in [3.8, 4) is 5.75 Å². The van der Waals surface area contributed by atoms with Crippen molar-refractivity contribution in [1.29, 1.82) is 0 Å². The first-order valence-corrected chi connectivity index (χ1v) is 11.4. The van der Waals surface area contributed by atoms with Gasteiger partial charge in [0.1, 0.15) is 12.4 Å². The van der Waals surface area contributed by atoms with Crippen LogP contribution in [-0.2, 0) is 9.53 Å². The van der Waals surface area contributed by atoms with Crippen molar-refractivity contribution >= 4 is 18.3 Å². The highest BCUT2D eigenvalue weighted by molar-refractivity contribution is 5.69. The molecule has 1 aromatic rings. The third-order valence-corrected chi connectivity index (χ3v) is 6.10. The molecular formula is C23H37N5O5. The van der Waals surface area contributed by atoms with E-state index in [-0.39, 0.29) is 31.3 Å². The third kappa shape index (κ3) is 8.12.